The van der Waals surface area contributed by atoms with Crippen LogP contribution in [0.25, 0.3) is 28.7 Å². The summed E-state index contributed by atoms with van der Waals surface area (Å²) in [6.07, 6.45) is 1.42. The Morgan fingerprint density at radius 3 is 2.86 bits per heavy atom. The third-order valence-electron chi connectivity index (χ3n) is 4.03. The molecule has 4 rings (SSSR count). The van der Waals surface area contributed by atoms with Crippen LogP contribution in [0.15, 0.2) is 64.0 Å². The van der Waals surface area contributed by atoms with E-state index in [0.29, 0.717) is 17.9 Å². The predicted octanol–water partition coefficient (Wildman–Crippen LogP) is 3.19. The van der Waals surface area contributed by atoms with E-state index in [1.165, 1.54) is 41.2 Å². The van der Waals surface area contributed by atoms with Crippen LogP contribution >= 0.6 is 0 Å². The van der Waals surface area contributed by atoms with Gasteiger partial charge in [0.2, 0.25) is 11.3 Å². The van der Waals surface area contributed by atoms with Crippen molar-refractivity contribution in [3.63, 3.8) is 0 Å². The quantitative estimate of drug-likeness (QED) is 0.554. The summed E-state index contributed by atoms with van der Waals surface area (Å²) in [5, 5.41) is 17.9. The summed E-state index contributed by atoms with van der Waals surface area (Å²) in [4.78, 5) is 16.5. The maximum atomic E-state index is 13.5. The normalized spacial score (nSPS) is 10.8. The Labute approximate surface area is 163 Å². The Morgan fingerprint density at radius 1 is 1.21 bits per heavy atom. The molecule has 0 saturated heterocycles. The Kier molecular flexibility index (Phi) is 4.78. The van der Waals surface area contributed by atoms with Crippen LogP contribution in [0.2, 0.25) is 0 Å². The first-order valence-electron chi connectivity index (χ1n) is 8.71. The van der Waals surface area contributed by atoms with Crippen molar-refractivity contribution in [2.24, 2.45) is 0 Å². The van der Waals surface area contributed by atoms with E-state index in [1.807, 2.05) is 0 Å². The molecule has 0 unspecified atom stereocenters. The number of benzene rings is 2. The smallest absolute Gasteiger partial charge is 0.282 e. The van der Waals surface area contributed by atoms with E-state index in [0.717, 1.165) is 0 Å². The van der Waals surface area contributed by atoms with E-state index < -0.39 is 11.2 Å². The van der Waals surface area contributed by atoms with Gasteiger partial charge in [-0.3, -0.25) is 4.79 Å². The topological polar surface area (TPSA) is 103 Å². The number of halogens is 1. The molecule has 29 heavy (non-hydrogen) atoms. The fraction of sp³-hybridized carbons (Fsp3) is 0.100. The molecular weight excluding hydrogens is 379 g/mol. The average molecular weight is 394 g/mol. The third-order valence-corrected chi connectivity index (χ3v) is 4.03. The SMILES string of the molecule is CCOc1cc(-c2noc(-c3nn(-c4cccc(F)c4)ccc3=O)n2)ccc1O. The first kappa shape index (κ1) is 18.4. The lowest BCUT2D eigenvalue weighted by Gasteiger charge is -2.06. The van der Waals surface area contributed by atoms with Crippen LogP contribution in [0.1, 0.15) is 6.92 Å². The van der Waals surface area contributed by atoms with Gasteiger partial charge in [0.05, 0.1) is 12.3 Å². The minimum Gasteiger partial charge on any atom is -0.504 e. The molecule has 0 spiro atoms. The van der Waals surface area contributed by atoms with Gasteiger partial charge in [-0.2, -0.15) is 10.1 Å². The summed E-state index contributed by atoms with van der Waals surface area (Å²) in [6, 6.07) is 11.7. The molecule has 0 aliphatic heterocycles. The standard InChI is InChI=1S/C20H15FN4O4/c1-2-28-17-10-12(6-7-15(17)26)19-22-20(29-24-19)18-16(27)8-9-25(23-18)14-5-3-4-13(21)11-14/h3-11,26H,2H2,1H3. The van der Waals surface area contributed by atoms with Gasteiger partial charge in [0.25, 0.3) is 5.89 Å². The van der Waals surface area contributed by atoms with Gasteiger partial charge in [0.1, 0.15) is 5.82 Å². The van der Waals surface area contributed by atoms with Crippen molar-refractivity contribution in [3.05, 3.63) is 70.8 Å². The van der Waals surface area contributed by atoms with Crippen molar-refractivity contribution in [2.75, 3.05) is 6.61 Å². The first-order chi connectivity index (χ1) is 14.0. The van der Waals surface area contributed by atoms with Gasteiger partial charge < -0.3 is 14.4 Å². The summed E-state index contributed by atoms with van der Waals surface area (Å²) in [7, 11) is 0. The molecule has 2 aromatic carbocycles. The van der Waals surface area contributed by atoms with Gasteiger partial charge in [-0.05, 0) is 43.3 Å². The molecule has 146 valence electrons. The third kappa shape index (κ3) is 3.70. The summed E-state index contributed by atoms with van der Waals surface area (Å²) in [5.41, 5.74) is 0.474. The van der Waals surface area contributed by atoms with Crippen LogP contribution in [0, 0.1) is 5.82 Å². The van der Waals surface area contributed by atoms with Gasteiger partial charge in [-0.25, -0.2) is 9.07 Å². The molecular formula is C20H15FN4O4. The predicted molar refractivity (Wildman–Crippen MR) is 101 cm³/mol. The molecule has 0 atom stereocenters. The van der Waals surface area contributed by atoms with Crippen molar-refractivity contribution in [1.82, 2.24) is 19.9 Å². The number of rotatable bonds is 5. The fourth-order valence-corrected chi connectivity index (χ4v) is 2.68. The molecule has 8 nitrogen and oxygen atoms in total. The highest BCUT2D eigenvalue weighted by atomic mass is 19.1. The van der Waals surface area contributed by atoms with Crippen LogP contribution < -0.4 is 10.2 Å². The van der Waals surface area contributed by atoms with Gasteiger partial charge in [-0.15, -0.1) is 0 Å². The van der Waals surface area contributed by atoms with Crippen LogP contribution in [-0.4, -0.2) is 31.6 Å². The van der Waals surface area contributed by atoms with E-state index in [2.05, 4.69) is 15.2 Å². The molecule has 1 N–H and O–H groups in total. The van der Waals surface area contributed by atoms with Gasteiger partial charge in [0.15, 0.2) is 17.2 Å². The number of nitrogens with zero attached hydrogens (tertiary/aromatic N) is 4. The van der Waals surface area contributed by atoms with E-state index >= 15 is 0 Å². The summed E-state index contributed by atoms with van der Waals surface area (Å²) < 4.78 is 25.4. The molecule has 2 heterocycles. The number of phenols is 1. The lowest BCUT2D eigenvalue weighted by molar-refractivity contribution is 0.318. The van der Waals surface area contributed by atoms with Crippen LogP contribution in [0.5, 0.6) is 11.5 Å². The summed E-state index contributed by atoms with van der Waals surface area (Å²) >= 11 is 0. The molecule has 0 aliphatic carbocycles. The van der Waals surface area contributed by atoms with Gasteiger partial charge >= 0.3 is 0 Å². The highest BCUT2D eigenvalue weighted by molar-refractivity contribution is 5.62. The Morgan fingerprint density at radius 2 is 2.07 bits per heavy atom. The maximum absolute atomic E-state index is 13.5. The second-order valence-corrected chi connectivity index (χ2v) is 5.99. The molecule has 0 fully saturated rings. The number of hydrogen-bond acceptors (Lipinski definition) is 7. The zero-order valence-electron chi connectivity index (χ0n) is 15.2. The molecule has 0 bridgehead atoms. The number of aromatic hydroxyl groups is 1. The van der Waals surface area contributed by atoms with E-state index in [1.54, 1.807) is 25.1 Å². The van der Waals surface area contributed by atoms with Crippen molar-refractivity contribution >= 4 is 0 Å². The highest BCUT2D eigenvalue weighted by Gasteiger charge is 2.17. The van der Waals surface area contributed by atoms with Crippen LogP contribution in [-0.2, 0) is 0 Å². The lowest BCUT2D eigenvalue weighted by Crippen LogP contribution is -2.12. The minimum atomic E-state index is -0.429. The number of ether oxygens (including phenoxy) is 1. The highest BCUT2D eigenvalue weighted by Crippen LogP contribution is 2.31. The number of aromatic nitrogens is 4. The second-order valence-electron chi connectivity index (χ2n) is 5.99. The van der Waals surface area contributed by atoms with Crippen molar-refractivity contribution in [3.8, 4) is 40.2 Å². The van der Waals surface area contributed by atoms with Crippen molar-refractivity contribution < 1.29 is 18.8 Å². The summed E-state index contributed by atoms with van der Waals surface area (Å²) in [6.45, 7) is 2.17. The van der Waals surface area contributed by atoms with E-state index in [9.17, 15) is 14.3 Å². The number of hydrogen-bond donors (Lipinski definition) is 1. The van der Waals surface area contributed by atoms with Gasteiger partial charge in [-0.1, -0.05) is 11.2 Å². The Balaban J connectivity index is 1.72. The lowest BCUT2D eigenvalue weighted by atomic mass is 10.2. The minimum absolute atomic E-state index is 0.0120. The maximum Gasteiger partial charge on any atom is 0.282 e. The zero-order chi connectivity index (χ0) is 20.4. The molecule has 9 heteroatoms. The summed E-state index contributed by atoms with van der Waals surface area (Å²) in [5.74, 6) is -0.0446. The monoisotopic (exact) mass is 394 g/mol. The molecule has 2 aromatic heterocycles. The Hall–Kier alpha value is -4.01. The molecule has 0 amide bonds. The van der Waals surface area contributed by atoms with E-state index in [-0.39, 0.29) is 28.9 Å². The second kappa shape index (κ2) is 7.55. The zero-order valence-corrected chi connectivity index (χ0v) is 15.2. The molecule has 0 saturated carbocycles. The fourth-order valence-electron chi connectivity index (χ4n) is 2.68. The van der Waals surface area contributed by atoms with Crippen molar-refractivity contribution in [1.29, 1.82) is 0 Å². The van der Waals surface area contributed by atoms with Crippen molar-refractivity contribution in [2.45, 2.75) is 6.92 Å². The van der Waals surface area contributed by atoms with Gasteiger partial charge in [0, 0.05) is 17.8 Å². The average Bonchev–Trinajstić information content (AvgIpc) is 3.20. The number of phenolic OH excluding ortho intramolecular Hbond substituents is 1. The molecule has 0 radical (unpaired) electrons. The van der Waals surface area contributed by atoms with Crippen LogP contribution in [0.4, 0.5) is 4.39 Å². The van der Waals surface area contributed by atoms with Crippen LogP contribution in [0.3, 0.4) is 0 Å². The first-order valence-corrected chi connectivity index (χ1v) is 8.71. The van der Waals surface area contributed by atoms with E-state index in [4.69, 9.17) is 9.26 Å². The Bertz CT molecular complexity index is 1240. The largest absolute Gasteiger partial charge is 0.504 e. The molecule has 4 aromatic rings. The molecule has 0 aliphatic rings.